The van der Waals surface area contributed by atoms with E-state index in [-0.39, 0.29) is 18.0 Å². The molecule has 0 aromatic carbocycles. The van der Waals surface area contributed by atoms with Crippen molar-refractivity contribution in [2.45, 2.75) is 38.3 Å². The van der Waals surface area contributed by atoms with Crippen LogP contribution in [0, 0.1) is 12.8 Å². The molecule has 3 fully saturated rings. The summed E-state index contributed by atoms with van der Waals surface area (Å²) in [5.74, 6) is 1.80. The molecule has 31 heavy (non-hydrogen) atoms. The molecule has 6 rings (SSSR count). The van der Waals surface area contributed by atoms with Crippen LogP contribution in [-0.2, 0) is 0 Å². The number of anilines is 1. The fourth-order valence-electron chi connectivity index (χ4n) is 4.71. The predicted octanol–water partition coefficient (Wildman–Crippen LogP) is 4.11. The Morgan fingerprint density at radius 2 is 1.97 bits per heavy atom. The van der Waals surface area contributed by atoms with Gasteiger partial charge >= 0.3 is 0 Å². The molecule has 2 bridgehead atoms. The fourth-order valence-corrected chi connectivity index (χ4v) is 4.94. The van der Waals surface area contributed by atoms with Gasteiger partial charge in [-0.25, -0.2) is 19.9 Å². The molecule has 5 heterocycles. The standard InChI is InChI=1S/C23H23BrN6O/c1-14-3-6-17(21(28-14)22-25-9-2-10-26-22)23(31)30-13-15-4-7-19(30)18(11-15)29-20-8-5-16(24)12-27-20/h2-3,5-6,8-10,12,15,18-19H,4,7,11,13H2,1H3,(H,27,29)/t15-,18-,19+/m1/s1. The van der Waals surface area contributed by atoms with Gasteiger partial charge in [-0.3, -0.25) is 4.79 Å². The Morgan fingerprint density at radius 1 is 1.13 bits per heavy atom. The van der Waals surface area contributed by atoms with E-state index in [2.05, 4.69) is 41.2 Å². The maximum Gasteiger partial charge on any atom is 0.256 e. The lowest BCUT2D eigenvalue weighted by Gasteiger charge is -2.50. The van der Waals surface area contributed by atoms with Gasteiger partial charge in [-0.2, -0.15) is 0 Å². The summed E-state index contributed by atoms with van der Waals surface area (Å²) in [7, 11) is 0. The number of hydrogen-bond acceptors (Lipinski definition) is 6. The Hall–Kier alpha value is -2.87. The summed E-state index contributed by atoms with van der Waals surface area (Å²) in [6.07, 6.45) is 8.33. The molecule has 1 saturated carbocycles. The zero-order valence-electron chi connectivity index (χ0n) is 17.2. The molecular weight excluding hydrogens is 456 g/mol. The summed E-state index contributed by atoms with van der Waals surface area (Å²) < 4.78 is 0.947. The quantitative estimate of drug-likeness (QED) is 0.607. The number of pyridine rings is 2. The van der Waals surface area contributed by atoms with E-state index >= 15 is 0 Å². The predicted molar refractivity (Wildman–Crippen MR) is 122 cm³/mol. The van der Waals surface area contributed by atoms with E-state index in [0.29, 0.717) is 23.0 Å². The lowest BCUT2D eigenvalue weighted by atomic mass is 9.76. The number of carbonyl (C=O) groups excluding carboxylic acids is 1. The molecule has 158 valence electrons. The third kappa shape index (κ3) is 4.04. The lowest BCUT2D eigenvalue weighted by molar-refractivity contribution is 0.0282. The number of aromatic nitrogens is 4. The van der Waals surface area contributed by atoms with Crippen LogP contribution in [0.5, 0.6) is 0 Å². The van der Waals surface area contributed by atoms with Crippen molar-refractivity contribution in [2.24, 2.45) is 5.92 Å². The first-order valence-electron chi connectivity index (χ1n) is 10.5. The maximum absolute atomic E-state index is 13.7. The van der Waals surface area contributed by atoms with Crippen LogP contribution < -0.4 is 5.32 Å². The van der Waals surface area contributed by atoms with Crippen molar-refractivity contribution >= 4 is 27.7 Å². The number of nitrogens with one attached hydrogen (secondary N) is 1. The zero-order chi connectivity index (χ0) is 21.4. The van der Waals surface area contributed by atoms with E-state index in [4.69, 9.17) is 0 Å². The Kier molecular flexibility index (Phi) is 5.40. The molecular formula is C23H23BrN6O. The average molecular weight is 479 g/mol. The molecule has 3 aliphatic rings. The van der Waals surface area contributed by atoms with Crippen LogP contribution in [0.2, 0.25) is 0 Å². The first kappa shape index (κ1) is 20.1. The van der Waals surface area contributed by atoms with Crippen LogP contribution in [0.1, 0.15) is 35.3 Å². The van der Waals surface area contributed by atoms with Crippen LogP contribution in [0.3, 0.4) is 0 Å². The van der Waals surface area contributed by atoms with E-state index in [1.807, 2.05) is 36.1 Å². The Balaban J connectivity index is 1.44. The average Bonchev–Trinajstić information content (AvgIpc) is 2.81. The molecule has 0 radical (unpaired) electrons. The number of aryl methyl sites for hydroxylation is 1. The van der Waals surface area contributed by atoms with Gasteiger partial charge in [0.05, 0.1) is 11.6 Å². The molecule has 0 spiro atoms. The van der Waals surface area contributed by atoms with Gasteiger partial charge in [-0.05, 0) is 78.4 Å². The largest absolute Gasteiger partial charge is 0.365 e. The van der Waals surface area contributed by atoms with Gasteiger partial charge in [0.25, 0.3) is 5.91 Å². The van der Waals surface area contributed by atoms with Gasteiger partial charge in [0, 0.05) is 41.3 Å². The van der Waals surface area contributed by atoms with E-state index in [1.165, 1.54) is 0 Å². The second kappa shape index (κ2) is 8.34. The Bertz CT molecular complexity index is 1090. The summed E-state index contributed by atoms with van der Waals surface area (Å²) in [5, 5.41) is 3.57. The molecule has 7 nitrogen and oxygen atoms in total. The van der Waals surface area contributed by atoms with Gasteiger partial charge in [0.15, 0.2) is 5.82 Å². The number of rotatable bonds is 4. The zero-order valence-corrected chi connectivity index (χ0v) is 18.8. The minimum atomic E-state index is -0.0000756. The summed E-state index contributed by atoms with van der Waals surface area (Å²) in [6.45, 7) is 2.69. The first-order valence-corrected chi connectivity index (χ1v) is 11.3. The van der Waals surface area contributed by atoms with Crippen molar-refractivity contribution in [1.29, 1.82) is 0 Å². The van der Waals surface area contributed by atoms with Crippen molar-refractivity contribution in [2.75, 3.05) is 11.9 Å². The van der Waals surface area contributed by atoms with Gasteiger partial charge < -0.3 is 10.2 Å². The molecule has 2 saturated heterocycles. The third-order valence-electron chi connectivity index (χ3n) is 6.14. The summed E-state index contributed by atoms with van der Waals surface area (Å²) >= 11 is 3.43. The van der Waals surface area contributed by atoms with Crippen molar-refractivity contribution in [3.63, 3.8) is 0 Å². The lowest BCUT2D eigenvalue weighted by Crippen LogP contribution is -2.59. The number of halogens is 1. The van der Waals surface area contributed by atoms with Gasteiger partial charge in [0.2, 0.25) is 0 Å². The molecule has 0 unspecified atom stereocenters. The number of nitrogens with zero attached hydrogens (tertiary/aromatic N) is 5. The van der Waals surface area contributed by atoms with Crippen LogP contribution in [-0.4, -0.2) is 49.4 Å². The molecule has 2 aliphatic heterocycles. The van der Waals surface area contributed by atoms with Gasteiger partial charge in [-0.15, -0.1) is 0 Å². The molecule has 3 atom stereocenters. The minimum Gasteiger partial charge on any atom is -0.365 e. The molecule has 8 heteroatoms. The van der Waals surface area contributed by atoms with E-state index in [1.54, 1.807) is 24.7 Å². The Labute approximate surface area is 189 Å². The second-order valence-electron chi connectivity index (χ2n) is 8.24. The van der Waals surface area contributed by atoms with Crippen molar-refractivity contribution in [3.05, 3.63) is 64.7 Å². The highest BCUT2D eigenvalue weighted by molar-refractivity contribution is 9.10. The smallest absolute Gasteiger partial charge is 0.256 e. The molecule has 1 N–H and O–H groups in total. The fraction of sp³-hybridized carbons (Fsp3) is 0.348. The molecule has 1 amide bonds. The van der Waals surface area contributed by atoms with E-state index in [0.717, 1.165) is 41.8 Å². The summed E-state index contributed by atoms with van der Waals surface area (Å²) in [6, 6.07) is 9.74. The van der Waals surface area contributed by atoms with E-state index in [9.17, 15) is 4.79 Å². The highest BCUT2D eigenvalue weighted by Crippen LogP contribution is 2.38. The van der Waals surface area contributed by atoms with Crippen molar-refractivity contribution < 1.29 is 4.79 Å². The summed E-state index contributed by atoms with van der Waals surface area (Å²) in [4.78, 5) is 33.5. The number of hydrogen-bond donors (Lipinski definition) is 1. The molecule has 3 aromatic heterocycles. The number of amides is 1. The normalized spacial score (nSPS) is 22.4. The second-order valence-corrected chi connectivity index (χ2v) is 9.15. The number of fused-ring (bicyclic) bond motifs is 3. The SMILES string of the molecule is Cc1ccc(C(=O)N2C[C@@H]3CC[C@H]2[C@H](Nc2ccc(Br)cn2)C3)c(-c2ncccn2)n1. The number of carbonyl (C=O) groups is 1. The van der Waals surface area contributed by atoms with Crippen LogP contribution in [0.4, 0.5) is 5.82 Å². The van der Waals surface area contributed by atoms with Crippen LogP contribution >= 0.6 is 15.9 Å². The third-order valence-corrected chi connectivity index (χ3v) is 6.61. The minimum absolute atomic E-state index is 0.0000756. The maximum atomic E-state index is 13.7. The van der Waals surface area contributed by atoms with Crippen molar-refractivity contribution in [1.82, 2.24) is 24.8 Å². The number of piperidine rings is 2. The van der Waals surface area contributed by atoms with Crippen LogP contribution in [0.25, 0.3) is 11.5 Å². The Morgan fingerprint density at radius 3 is 2.71 bits per heavy atom. The van der Waals surface area contributed by atoms with Crippen molar-refractivity contribution in [3.8, 4) is 11.5 Å². The van der Waals surface area contributed by atoms with Gasteiger partial charge in [-0.1, -0.05) is 0 Å². The molecule has 1 aliphatic carbocycles. The first-order chi connectivity index (χ1) is 15.1. The monoisotopic (exact) mass is 478 g/mol. The van der Waals surface area contributed by atoms with Gasteiger partial charge in [0.1, 0.15) is 11.5 Å². The highest BCUT2D eigenvalue weighted by atomic mass is 79.9. The van der Waals surface area contributed by atoms with Crippen LogP contribution in [0.15, 0.2) is 53.4 Å². The van der Waals surface area contributed by atoms with E-state index < -0.39 is 0 Å². The summed E-state index contributed by atoms with van der Waals surface area (Å²) in [5.41, 5.74) is 1.94. The highest BCUT2D eigenvalue weighted by Gasteiger charge is 2.43. The topological polar surface area (TPSA) is 83.9 Å². The molecule has 3 aromatic rings.